The van der Waals surface area contributed by atoms with Crippen LogP contribution in [0.15, 0.2) is 4.90 Å². The van der Waals surface area contributed by atoms with Gasteiger partial charge in [0.1, 0.15) is 4.90 Å². The highest BCUT2D eigenvalue weighted by Crippen LogP contribution is 2.35. The van der Waals surface area contributed by atoms with Crippen LogP contribution in [-0.2, 0) is 17.1 Å². The van der Waals surface area contributed by atoms with Gasteiger partial charge in [-0.1, -0.05) is 19.8 Å². The summed E-state index contributed by atoms with van der Waals surface area (Å²) in [4.78, 5) is 0.285. The zero-order chi connectivity index (χ0) is 15.8. The second-order valence-corrected chi connectivity index (χ2v) is 8.23. The van der Waals surface area contributed by atoms with Crippen molar-refractivity contribution in [2.24, 2.45) is 13.0 Å². The van der Waals surface area contributed by atoms with Crippen molar-refractivity contribution in [1.82, 2.24) is 14.5 Å². The van der Waals surface area contributed by atoms with E-state index in [-0.39, 0.29) is 4.90 Å². The first-order valence-electron chi connectivity index (χ1n) is 7.31. The van der Waals surface area contributed by atoms with E-state index in [1.807, 2.05) is 0 Å². The molecule has 0 aromatic carbocycles. The molecule has 1 aromatic heterocycles. The van der Waals surface area contributed by atoms with E-state index in [9.17, 15) is 8.42 Å². The normalized spacial score (nSPS) is 27.0. The first-order valence-corrected chi connectivity index (χ1v) is 9.33. The molecule has 120 valence electrons. The Morgan fingerprint density at radius 2 is 2.14 bits per heavy atom. The van der Waals surface area contributed by atoms with Crippen molar-refractivity contribution in [3.05, 3.63) is 11.4 Å². The molecule has 2 unspecified atom stereocenters. The largest absolute Gasteiger partial charge is 0.271 e. The number of alkyl halides is 1. The van der Waals surface area contributed by atoms with Gasteiger partial charge in [0.2, 0.25) is 10.0 Å². The lowest BCUT2D eigenvalue weighted by Gasteiger charge is -2.39. The quantitative estimate of drug-likeness (QED) is 0.861. The number of halogens is 1. The number of aromatic nitrogens is 2. The lowest BCUT2D eigenvalue weighted by Crippen LogP contribution is -2.52. The molecular formula is C14H24ClN3O2S. The molecule has 7 heteroatoms. The molecule has 1 aliphatic rings. The molecule has 0 saturated heterocycles. The molecule has 0 radical (unpaired) electrons. The number of sulfonamides is 1. The fourth-order valence-corrected chi connectivity index (χ4v) is 5.65. The number of aryl methyl sites for hydroxylation is 2. The standard InChI is InChI=1S/C14H24ClN3O2S/c1-10-6-5-7-14(8-10,9-15)17-21(19,20)13-11(2)16-18(4)12(13)3/h10,17H,5-9H2,1-4H3. The van der Waals surface area contributed by atoms with Gasteiger partial charge >= 0.3 is 0 Å². The van der Waals surface area contributed by atoms with Gasteiger partial charge in [0.05, 0.1) is 11.4 Å². The summed E-state index contributed by atoms with van der Waals surface area (Å²) in [6.45, 7) is 5.64. The molecule has 1 N–H and O–H groups in total. The maximum atomic E-state index is 12.8. The zero-order valence-electron chi connectivity index (χ0n) is 13.1. The molecular weight excluding hydrogens is 310 g/mol. The van der Waals surface area contributed by atoms with Crippen LogP contribution in [0.25, 0.3) is 0 Å². The summed E-state index contributed by atoms with van der Waals surface area (Å²) in [6, 6.07) is 0. The Hall–Kier alpha value is -0.590. The molecule has 1 saturated carbocycles. The summed E-state index contributed by atoms with van der Waals surface area (Å²) < 4.78 is 30.1. The van der Waals surface area contributed by atoms with Gasteiger partial charge in [-0.05, 0) is 32.6 Å². The summed E-state index contributed by atoms with van der Waals surface area (Å²) in [5.74, 6) is 0.783. The highest BCUT2D eigenvalue weighted by molar-refractivity contribution is 7.89. The van der Waals surface area contributed by atoms with E-state index in [1.54, 1.807) is 25.6 Å². The predicted octanol–water partition coefficient (Wildman–Crippen LogP) is 2.50. The van der Waals surface area contributed by atoms with Crippen LogP contribution >= 0.6 is 11.6 Å². The molecule has 1 heterocycles. The summed E-state index contributed by atoms with van der Waals surface area (Å²) in [7, 11) is -1.86. The molecule has 5 nitrogen and oxygen atoms in total. The summed E-state index contributed by atoms with van der Waals surface area (Å²) in [5.41, 5.74) is 0.636. The summed E-state index contributed by atoms with van der Waals surface area (Å²) >= 11 is 6.13. The molecule has 2 atom stereocenters. The van der Waals surface area contributed by atoms with Gasteiger partial charge in [0.15, 0.2) is 0 Å². The smallest absolute Gasteiger partial charge is 0.244 e. The van der Waals surface area contributed by atoms with Crippen molar-refractivity contribution in [3.63, 3.8) is 0 Å². The van der Waals surface area contributed by atoms with E-state index in [2.05, 4.69) is 16.7 Å². The first kappa shape index (κ1) is 16.8. The Morgan fingerprint density at radius 3 is 2.62 bits per heavy atom. The van der Waals surface area contributed by atoms with Crippen LogP contribution in [-0.4, -0.2) is 29.6 Å². The van der Waals surface area contributed by atoms with Crippen molar-refractivity contribution < 1.29 is 8.42 Å². The van der Waals surface area contributed by atoms with Crippen LogP contribution < -0.4 is 4.72 Å². The minimum atomic E-state index is -3.61. The topological polar surface area (TPSA) is 64.0 Å². The highest BCUT2D eigenvalue weighted by atomic mass is 35.5. The average molecular weight is 334 g/mol. The third kappa shape index (κ3) is 3.27. The molecule has 0 bridgehead atoms. The van der Waals surface area contributed by atoms with Crippen molar-refractivity contribution in [1.29, 1.82) is 0 Å². The van der Waals surface area contributed by atoms with Crippen molar-refractivity contribution in [3.8, 4) is 0 Å². The summed E-state index contributed by atoms with van der Waals surface area (Å²) in [5, 5.41) is 4.20. The average Bonchev–Trinajstić information content (AvgIpc) is 2.63. The minimum absolute atomic E-state index is 0.285. The van der Waals surface area contributed by atoms with Gasteiger partial charge in [-0.15, -0.1) is 11.6 Å². The Kier molecular flexibility index (Phi) is 4.71. The molecule has 21 heavy (non-hydrogen) atoms. The zero-order valence-corrected chi connectivity index (χ0v) is 14.7. The molecule has 0 amide bonds. The summed E-state index contributed by atoms with van der Waals surface area (Å²) in [6.07, 6.45) is 3.71. The lowest BCUT2D eigenvalue weighted by molar-refractivity contribution is 0.239. The van der Waals surface area contributed by atoms with E-state index >= 15 is 0 Å². The SMILES string of the molecule is Cc1nn(C)c(C)c1S(=O)(=O)NC1(CCl)CCCC(C)C1. The molecule has 0 spiro atoms. The van der Waals surface area contributed by atoms with E-state index in [4.69, 9.17) is 11.6 Å². The van der Waals surface area contributed by atoms with Crippen molar-refractivity contribution in [2.45, 2.75) is 56.9 Å². The van der Waals surface area contributed by atoms with Crippen LogP contribution in [0.3, 0.4) is 0 Å². The van der Waals surface area contributed by atoms with Gasteiger partial charge in [-0.3, -0.25) is 4.68 Å². The van der Waals surface area contributed by atoms with Crippen LogP contribution in [0.2, 0.25) is 0 Å². The fraction of sp³-hybridized carbons (Fsp3) is 0.786. The van der Waals surface area contributed by atoms with Crippen LogP contribution in [0.5, 0.6) is 0 Å². The van der Waals surface area contributed by atoms with Gasteiger partial charge < -0.3 is 0 Å². The molecule has 1 fully saturated rings. The molecule has 0 aliphatic heterocycles. The third-order valence-corrected chi connectivity index (χ3v) is 6.75. The van der Waals surface area contributed by atoms with Gasteiger partial charge in [-0.25, -0.2) is 13.1 Å². The fourth-order valence-electron chi connectivity index (χ4n) is 3.38. The third-order valence-electron chi connectivity index (χ3n) is 4.41. The van der Waals surface area contributed by atoms with Crippen molar-refractivity contribution in [2.75, 3.05) is 5.88 Å². The molecule has 1 aliphatic carbocycles. The van der Waals surface area contributed by atoms with E-state index < -0.39 is 15.6 Å². The highest BCUT2D eigenvalue weighted by Gasteiger charge is 2.39. The first-order chi connectivity index (χ1) is 9.71. The van der Waals surface area contributed by atoms with E-state index in [0.29, 0.717) is 23.2 Å². The number of nitrogens with zero attached hydrogens (tertiary/aromatic N) is 2. The molecule has 2 rings (SSSR count). The second kappa shape index (κ2) is 5.89. The minimum Gasteiger partial charge on any atom is -0.271 e. The Balaban J connectivity index is 2.36. The van der Waals surface area contributed by atoms with Crippen LogP contribution in [0.4, 0.5) is 0 Å². The lowest BCUT2D eigenvalue weighted by atomic mass is 9.78. The Labute approximate surface area is 132 Å². The van der Waals surface area contributed by atoms with Crippen molar-refractivity contribution >= 4 is 21.6 Å². The van der Waals surface area contributed by atoms with Crippen LogP contribution in [0.1, 0.15) is 44.0 Å². The number of rotatable bonds is 4. The number of hydrogen-bond donors (Lipinski definition) is 1. The van der Waals surface area contributed by atoms with Gasteiger partial charge in [0, 0.05) is 18.5 Å². The van der Waals surface area contributed by atoms with Crippen LogP contribution in [0, 0.1) is 19.8 Å². The van der Waals surface area contributed by atoms with Gasteiger partial charge in [-0.2, -0.15) is 5.10 Å². The second-order valence-electron chi connectivity index (χ2n) is 6.34. The van der Waals surface area contributed by atoms with Gasteiger partial charge in [0.25, 0.3) is 0 Å². The monoisotopic (exact) mass is 333 g/mol. The Bertz CT molecular complexity index is 626. The molecule has 1 aromatic rings. The number of nitrogens with one attached hydrogen (secondary N) is 1. The maximum absolute atomic E-state index is 12.8. The van der Waals surface area contributed by atoms with E-state index in [0.717, 1.165) is 25.7 Å². The Morgan fingerprint density at radius 1 is 1.48 bits per heavy atom. The maximum Gasteiger partial charge on any atom is 0.244 e. The van der Waals surface area contributed by atoms with E-state index in [1.165, 1.54) is 0 Å². The number of hydrogen-bond acceptors (Lipinski definition) is 3. The predicted molar refractivity (Wildman–Crippen MR) is 84.1 cm³/mol.